The van der Waals surface area contributed by atoms with E-state index in [1.807, 2.05) is 0 Å². The first-order chi connectivity index (χ1) is 13.2. The molecule has 8 nitrogen and oxygen atoms in total. The number of carbonyl (C=O) groups excluding carboxylic acids is 1. The van der Waals surface area contributed by atoms with Gasteiger partial charge in [0.05, 0.1) is 5.56 Å². The minimum Gasteiger partial charge on any atom is -0.367 e. The van der Waals surface area contributed by atoms with Crippen LogP contribution >= 0.6 is 0 Å². The van der Waals surface area contributed by atoms with E-state index in [1.165, 1.54) is 19.1 Å². The first kappa shape index (κ1) is 20.3. The van der Waals surface area contributed by atoms with E-state index >= 15 is 0 Å². The highest BCUT2D eigenvalue weighted by atomic mass is 32.2. The number of carbonyl (C=O) groups is 1. The fraction of sp³-hybridized carbons (Fsp3) is 0.529. The van der Waals surface area contributed by atoms with E-state index in [4.69, 9.17) is 0 Å². The largest absolute Gasteiger partial charge is 0.367 e. The topological polar surface area (TPSA) is 107 Å². The molecule has 0 unspecified atom stereocenters. The molecule has 0 atom stereocenters. The van der Waals surface area contributed by atoms with Crippen molar-refractivity contribution in [3.63, 3.8) is 0 Å². The zero-order valence-electron chi connectivity index (χ0n) is 15.5. The van der Waals surface area contributed by atoms with Crippen LogP contribution in [0.4, 0.5) is 14.6 Å². The molecule has 0 amide bonds. The Hall–Kier alpha value is -2.43. The van der Waals surface area contributed by atoms with Gasteiger partial charge in [0.15, 0.2) is 26.5 Å². The molecule has 0 saturated heterocycles. The van der Waals surface area contributed by atoms with Crippen molar-refractivity contribution in [3.05, 3.63) is 23.4 Å². The zero-order valence-corrected chi connectivity index (χ0v) is 16.3. The number of aromatic nitrogens is 4. The average molecular weight is 413 g/mol. The highest BCUT2D eigenvalue weighted by Crippen LogP contribution is 2.32. The third kappa shape index (κ3) is 4.18. The smallest absolute Gasteiger partial charge is 0.282 e. The van der Waals surface area contributed by atoms with Crippen molar-refractivity contribution >= 4 is 21.4 Å². The van der Waals surface area contributed by atoms with Gasteiger partial charge in [-0.15, -0.1) is 10.2 Å². The molecule has 1 fully saturated rings. The minimum atomic E-state index is -3.56. The van der Waals surface area contributed by atoms with E-state index in [0.29, 0.717) is 0 Å². The van der Waals surface area contributed by atoms with E-state index in [-0.39, 0.29) is 28.3 Å². The molecule has 0 aromatic carbocycles. The summed E-state index contributed by atoms with van der Waals surface area (Å²) in [5, 5.41) is 14.3. The van der Waals surface area contributed by atoms with Crippen molar-refractivity contribution in [2.45, 2.75) is 56.5 Å². The van der Waals surface area contributed by atoms with Crippen LogP contribution in [-0.4, -0.2) is 46.5 Å². The Morgan fingerprint density at radius 3 is 2.39 bits per heavy atom. The predicted molar refractivity (Wildman–Crippen MR) is 97.7 cm³/mol. The number of hydrogen-bond acceptors (Lipinski definition) is 7. The monoisotopic (exact) mass is 413 g/mol. The van der Waals surface area contributed by atoms with Gasteiger partial charge in [-0.3, -0.25) is 4.79 Å². The summed E-state index contributed by atoms with van der Waals surface area (Å²) < 4.78 is 51.3. The van der Waals surface area contributed by atoms with Gasteiger partial charge in [0.2, 0.25) is 0 Å². The van der Waals surface area contributed by atoms with Crippen LogP contribution in [-0.2, 0) is 9.84 Å². The molecule has 3 rings (SSSR count). The number of nitrogens with one attached hydrogen (secondary N) is 1. The molecule has 2 aromatic rings. The fourth-order valence-electron chi connectivity index (χ4n) is 3.30. The fourth-order valence-corrected chi connectivity index (χ4v) is 3.80. The van der Waals surface area contributed by atoms with Gasteiger partial charge in [0.1, 0.15) is 11.5 Å². The molecule has 0 bridgehead atoms. The molecule has 152 valence electrons. The Bertz CT molecular complexity index is 967. The second kappa shape index (κ2) is 7.90. The summed E-state index contributed by atoms with van der Waals surface area (Å²) >= 11 is 0. The maximum absolute atomic E-state index is 13.5. The van der Waals surface area contributed by atoms with Crippen LogP contribution in [0.25, 0.3) is 5.82 Å². The van der Waals surface area contributed by atoms with Crippen LogP contribution in [0, 0.1) is 0 Å². The quantitative estimate of drug-likeness (QED) is 0.726. The van der Waals surface area contributed by atoms with Gasteiger partial charge in [0, 0.05) is 12.3 Å². The van der Waals surface area contributed by atoms with Gasteiger partial charge in [-0.1, -0.05) is 19.3 Å². The van der Waals surface area contributed by atoms with E-state index in [2.05, 4.69) is 20.6 Å². The number of rotatable bonds is 6. The lowest BCUT2D eigenvalue weighted by atomic mass is 9.95. The van der Waals surface area contributed by atoms with Gasteiger partial charge in [-0.05, 0) is 31.9 Å². The summed E-state index contributed by atoms with van der Waals surface area (Å²) in [4.78, 5) is 12.1. The lowest BCUT2D eigenvalue weighted by molar-refractivity contribution is 0.0998. The van der Waals surface area contributed by atoms with Crippen LogP contribution in [0.5, 0.6) is 0 Å². The van der Waals surface area contributed by atoms with Crippen LogP contribution in [0.3, 0.4) is 0 Å². The third-order valence-corrected chi connectivity index (χ3v) is 5.62. The summed E-state index contributed by atoms with van der Waals surface area (Å²) in [5.41, 5.74) is -0.825. The van der Waals surface area contributed by atoms with Gasteiger partial charge in [0.25, 0.3) is 6.43 Å². The average Bonchev–Trinajstić information content (AvgIpc) is 3.01. The number of halogens is 2. The Morgan fingerprint density at radius 1 is 1.21 bits per heavy atom. The number of sulfone groups is 1. The molecular weight excluding hydrogens is 392 g/mol. The Kier molecular flexibility index (Phi) is 5.73. The molecule has 1 N–H and O–H groups in total. The maximum atomic E-state index is 13.5. The number of anilines is 1. The van der Waals surface area contributed by atoms with E-state index in [0.717, 1.165) is 43.0 Å². The van der Waals surface area contributed by atoms with Crippen LogP contribution < -0.4 is 5.32 Å². The van der Waals surface area contributed by atoms with E-state index in [9.17, 15) is 22.0 Å². The molecule has 0 spiro atoms. The minimum absolute atomic E-state index is 0.0241. The van der Waals surface area contributed by atoms with Gasteiger partial charge in [-0.2, -0.15) is 9.78 Å². The van der Waals surface area contributed by atoms with Gasteiger partial charge < -0.3 is 5.32 Å². The highest BCUT2D eigenvalue weighted by Gasteiger charge is 2.30. The number of Topliss-reactive ketones (excluding diaryl/α,β-unsaturated/α-hetero) is 1. The molecular formula is C17H21F2N5O3S. The molecule has 2 heterocycles. The Labute approximate surface area is 161 Å². The maximum Gasteiger partial charge on any atom is 0.282 e. The predicted octanol–water partition coefficient (Wildman–Crippen LogP) is 2.95. The summed E-state index contributed by atoms with van der Waals surface area (Å²) in [6.07, 6.45) is 2.87. The normalized spacial score (nSPS) is 15.8. The Morgan fingerprint density at radius 2 is 1.89 bits per heavy atom. The summed E-state index contributed by atoms with van der Waals surface area (Å²) in [7, 11) is -3.56. The molecule has 1 aliphatic rings. The molecule has 0 aliphatic heterocycles. The first-order valence-corrected chi connectivity index (χ1v) is 10.8. The van der Waals surface area contributed by atoms with Crippen LogP contribution in [0.1, 0.15) is 61.5 Å². The second-order valence-corrected chi connectivity index (χ2v) is 8.82. The summed E-state index contributed by atoms with van der Waals surface area (Å²) in [5.74, 6) is -0.364. The molecule has 2 aromatic heterocycles. The molecule has 28 heavy (non-hydrogen) atoms. The number of ketones is 1. The standard InChI is InChI=1S/C17H21F2N5O3S/c1-10(25)14-15(16(18)19)23-24(17(14)20-11-6-4-3-5-7-11)12-8-9-13(22-21-12)28(2,26)27/h8-9,11,16,20H,3-7H2,1-2H3. The molecule has 0 radical (unpaired) electrons. The molecule has 1 aliphatic carbocycles. The Balaban J connectivity index is 2.10. The van der Waals surface area contributed by atoms with Crippen molar-refractivity contribution in [2.75, 3.05) is 11.6 Å². The van der Waals surface area contributed by atoms with Crippen molar-refractivity contribution < 1.29 is 22.0 Å². The van der Waals surface area contributed by atoms with Crippen molar-refractivity contribution in [1.82, 2.24) is 20.0 Å². The lowest BCUT2D eigenvalue weighted by Gasteiger charge is -2.24. The first-order valence-electron chi connectivity index (χ1n) is 8.91. The van der Waals surface area contributed by atoms with Crippen LogP contribution in [0.2, 0.25) is 0 Å². The SMILES string of the molecule is CC(=O)c1c(C(F)F)nn(-c2ccc(S(C)(=O)=O)nn2)c1NC1CCCCC1. The number of hydrogen-bond donors (Lipinski definition) is 1. The number of nitrogens with zero attached hydrogens (tertiary/aromatic N) is 4. The van der Waals surface area contributed by atoms with Crippen LogP contribution in [0.15, 0.2) is 17.2 Å². The zero-order chi connectivity index (χ0) is 20.5. The second-order valence-electron chi connectivity index (χ2n) is 6.86. The van der Waals surface area contributed by atoms with E-state index < -0.39 is 27.7 Å². The van der Waals surface area contributed by atoms with Crippen molar-refractivity contribution in [2.24, 2.45) is 0 Å². The summed E-state index contributed by atoms with van der Waals surface area (Å²) in [6.45, 7) is 1.21. The van der Waals surface area contributed by atoms with Gasteiger partial charge >= 0.3 is 0 Å². The lowest BCUT2D eigenvalue weighted by Crippen LogP contribution is -2.25. The van der Waals surface area contributed by atoms with E-state index in [1.54, 1.807) is 0 Å². The van der Waals surface area contributed by atoms with Crippen molar-refractivity contribution in [3.8, 4) is 5.82 Å². The number of alkyl halides is 2. The molecule has 11 heteroatoms. The highest BCUT2D eigenvalue weighted by molar-refractivity contribution is 7.90. The summed E-state index contributed by atoms with van der Waals surface area (Å²) in [6, 6.07) is 2.57. The molecule has 1 saturated carbocycles. The van der Waals surface area contributed by atoms with Gasteiger partial charge in [-0.25, -0.2) is 17.2 Å². The third-order valence-electron chi connectivity index (χ3n) is 4.64. The van der Waals surface area contributed by atoms with Crippen molar-refractivity contribution in [1.29, 1.82) is 0 Å².